The first-order valence-corrected chi connectivity index (χ1v) is 6.97. The summed E-state index contributed by atoms with van der Waals surface area (Å²) < 4.78 is 0. The molecule has 1 rings (SSSR count). The van der Waals surface area contributed by atoms with Crippen molar-refractivity contribution < 1.29 is 5.11 Å². The lowest BCUT2D eigenvalue weighted by Crippen LogP contribution is -2.37. The number of likely N-dealkylation sites (N-methyl/N-ethyl adjacent to an activating group) is 1. The van der Waals surface area contributed by atoms with Crippen molar-refractivity contribution in [3.05, 3.63) is 28.8 Å². The molecule has 0 spiro atoms. The topological polar surface area (TPSA) is 23.5 Å². The van der Waals surface area contributed by atoms with Crippen molar-refractivity contribution in [2.24, 2.45) is 0 Å². The number of hydrogen-bond acceptors (Lipinski definition) is 2. The van der Waals surface area contributed by atoms with Gasteiger partial charge in [-0.15, -0.1) is 0 Å². The Morgan fingerprint density at radius 1 is 1.00 bits per heavy atom. The minimum atomic E-state index is -0.684. The summed E-state index contributed by atoms with van der Waals surface area (Å²) in [5.41, 5.74) is 4.63. The van der Waals surface area contributed by atoms with E-state index in [1.54, 1.807) is 0 Å². The molecule has 0 saturated heterocycles. The van der Waals surface area contributed by atoms with Gasteiger partial charge in [0.2, 0.25) is 0 Å². The highest BCUT2D eigenvalue weighted by Crippen LogP contribution is 2.31. The molecule has 0 aliphatic carbocycles. The van der Waals surface area contributed by atoms with E-state index in [1.165, 1.54) is 22.4 Å². The number of benzene rings is 1. The zero-order valence-corrected chi connectivity index (χ0v) is 13.8. The number of aliphatic hydroxyl groups is 1. The molecule has 0 heterocycles. The molecule has 1 aromatic carbocycles. The maximum absolute atomic E-state index is 9.97. The third-order valence-electron chi connectivity index (χ3n) is 3.36. The Bertz CT molecular complexity index is 426. The molecule has 1 N–H and O–H groups in total. The Hall–Kier alpha value is -1.02. The van der Waals surface area contributed by atoms with Gasteiger partial charge in [0.05, 0.1) is 5.60 Å². The molecule has 0 atom stereocenters. The highest BCUT2D eigenvalue weighted by atomic mass is 16.3. The van der Waals surface area contributed by atoms with Crippen molar-refractivity contribution in [1.29, 1.82) is 0 Å². The molecule has 0 fully saturated rings. The maximum atomic E-state index is 9.97. The molecule has 0 radical (unpaired) electrons. The Labute approximate surface area is 118 Å². The maximum Gasteiger partial charge on any atom is 0.0765 e. The number of aryl methyl sites for hydroxylation is 2. The monoisotopic (exact) mass is 263 g/mol. The second-order valence-corrected chi connectivity index (χ2v) is 7.38. The van der Waals surface area contributed by atoms with Crippen LogP contribution in [0.2, 0.25) is 0 Å². The summed E-state index contributed by atoms with van der Waals surface area (Å²) in [6.07, 6.45) is 0. The first-order valence-electron chi connectivity index (χ1n) is 6.97. The van der Waals surface area contributed by atoms with E-state index in [2.05, 4.69) is 51.7 Å². The van der Waals surface area contributed by atoms with Gasteiger partial charge in [0.1, 0.15) is 0 Å². The van der Waals surface area contributed by atoms with E-state index in [1.807, 2.05) is 20.9 Å². The number of anilines is 1. The first-order chi connectivity index (χ1) is 8.42. The van der Waals surface area contributed by atoms with Gasteiger partial charge in [-0.05, 0) is 49.8 Å². The molecule has 2 heteroatoms. The van der Waals surface area contributed by atoms with Crippen LogP contribution in [0.5, 0.6) is 0 Å². The summed E-state index contributed by atoms with van der Waals surface area (Å²) in [6.45, 7) is 15.3. The lowest BCUT2D eigenvalue weighted by molar-refractivity contribution is 0.0886. The van der Waals surface area contributed by atoms with E-state index in [0.29, 0.717) is 6.54 Å². The molecule has 0 unspecified atom stereocenters. The Balaban J connectivity index is 3.18. The normalized spacial score (nSPS) is 12.7. The Morgan fingerprint density at radius 3 is 1.74 bits per heavy atom. The summed E-state index contributed by atoms with van der Waals surface area (Å²) in [4.78, 5) is 2.15. The van der Waals surface area contributed by atoms with E-state index >= 15 is 0 Å². The van der Waals surface area contributed by atoms with Crippen LogP contribution in [-0.2, 0) is 5.41 Å². The average molecular weight is 263 g/mol. The molecular formula is C17H29NO. The van der Waals surface area contributed by atoms with Crippen LogP contribution in [0, 0.1) is 13.8 Å². The minimum absolute atomic E-state index is 0.170. The summed E-state index contributed by atoms with van der Waals surface area (Å²) >= 11 is 0. The molecule has 0 aliphatic rings. The SMILES string of the molecule is Cc1cc(C(C)(C)C)cc(C)c1N(C)CC(C)(C)O. The molecule has 0 aromatic heterocycles. The van der Waals surface area contributed by atoms with Gasteiger partial charge >= 0.3 is 0 Å². The van der Waals surface area contributed by atoms with E-state index in [0.717, 1.165) is 0 Å². The van der Waals surface area contributed by atoms with Crippen LogP contribution < -0.4 is 4.90 Å². The van der Waals surface area contributed by atoms with Crippen molar-refractivity contribution in [3.8, 4) is 0 Å². The fourth-order valence-electron chi connectivity index (χ4n) is 2.65. The third kappa shape index (κ3) is 4.24. The van der Waals surface area contributed by atoms with Crippen LogP contribution in [0.4, 0.5) is 5.69 Å². The number of hydrogen-bond donors (Lipinski definition) is 1. The largest absolute Gasteiger partial charge is 0.389 e. The zero-order valence-electron chi connectivity index (χ0n) is 13.8. The highest BCUT2D eigenvalue weighted by molar-refractivity contribution is 5.60. The lowest BCUT2D eigenvalue weighted by Gasteiger charge is -2.31. The van der Waals surface area contributed by atoms with Crippen molar-refractivity contribution in [1.82, 2.24) is 0 Å². The predicted octanol–water partition coefficient (Wildman–Crippen LogP) is 3.81. The second kappa shape index (κ2) is 5.16. The van der Waals surface area contributed by atoms with Gasteiger partial charge in [-0.2, -0.15) is 0 Å². The molecule has 1 aromatic rings. The van der Waals surface area contributed by atoms with Gasteiger partial charge in [0, 0.05) is 19.3 Å². The summed E-state index contributed by atoms with van der Waals surface area (Å²) in [6, 6.07) is 4.53. The number of rotatable bonds is 3. The molecule has 0 amide bonds. The van der Waals surface area contributed by atoms with Gasteiger partial charge < -0.3 is 10.0 Å². The quantitative estimate of drug-likeness (QED) is 0.896. The van der Waals surface area contributed by atoms with E-state index in [-0.39, 0.29) is 5.41 Å². The van der Waals surface area contributed by atoms with Crippen LogP contribution in [0.1, 0.15) is 51.3 Å². The van der Waals surface area contributed by atoms with Crippen LogP contribution in [-0.4, -0.2) is 24.3 Å². The van der Waals surface area contributed by atoms with E-state index in [9.17, 15) is 5.11 Å². The molecule has 0 saturated carbocycles. The summed E-state index contributed by atoms with van der Waals surface area (Å²) in [7, 11) is 2.05. The predicted molar refractivity (Wildman–Crippen MR) is 84.2 cm³/mol. The van der Waals surface area contributed by atoms with Crippen molar-refractivity contribution in [2.45, 2.75) is 59.5 Å². The van der Waals surface area contributed by atoms with Gasteiger partial charge in [0.15, 0.2) is 0 Å². The molecular weight excluding hydrogens is 234 g/mol. The fraction of sp³-hybridized carbons (Fsp3) is 0.647. The minimum Gasteiger partial charge on any atom is -0.389 e. The smallest absolute Gasteiger partial charge is 0.0765 e. The Kier molecular flexibility index (Phi) is 4.36. The average Bonchev–Trinajstić information content (AvgIpc) is 2.11. The van der Waals surface area contributed by atoms with Crippen LogP contribution in [0.15, 0.2) is 12.1 Å². The van der Waals surface area contributed by atoms with E-state index in [4.69, 9.17) is 0 Å². The molecule has 19 heavy (non-hydrogen) atoms. The zero-order chi connectivity index (χ0) is 15.0. The van der Waals surface area contributed by atoms with Crippen LogP contribution in [0.3, 0.4) is 0 Å². The first kappa shape index (κ1) is 16.0. The summed E-state index contributed by atoms with van der Waals surface area (Å²) in [5, 5.41) is 9.97. The molecule has 0 aliphatic heterocycles. The molecule has 108 valence electrons. The van der Waals surface area contributed by atoms with Crippen LogP contribution >= 0.6 is 0 Å². The molecule has 0 bridgehead atoms. The lowest BCUT2D eigenvalue weighted by atomic mass is 9.84. The third-order valence-corrected chi connectivity index (χ3v) is 3.36. The van der Waals surface area contributed by atoms with Crippen molar-refractivity contribution in [2.75, 3.05) is 18.5 Å². The van der Waals surface area contributed by atoms with Gasteiger partial charge in [0.25, 0.3) is 0 Å². The standard InChI is InChI=1S/C17H29NO/c1-12-9-14(16(3,4)5)10-13(2)15(12)18(8)11-17(6,7)19/h9-10,19H,11H2,1-8H3. The van der Waals surface area contributed by atoms with Crippen molar-refractivity contribution in [3.63, 3.8) is 0 Å². The van der Waals surface area contributed by atoms with Gasteiger partial charge in [-0.25, -0.2) is 0 Å². The van der Waals surface area contributed by atoms with Crippen LogP contribution in [0.25, 0.3) is 0 Å². The summed E-state index contributed by atoms with van der Waals surface area (Å²) in [5.74, 6) is 0. The molecule has 2 nitrogen and oxygen atoms in total. The fourth-order valence-corrected chi connectivity index (χ4v) is 2.65. The van der Waals surface area contributed by atoms with Gasteiger partial charge in [-0.1, -0.05) is 32.9 Å². The highest BCUT2D eigenvalue weighted by Gasteiger charge is 2.21. The number of nitrogens with zero attached hydrogens (tertiary/aromatic N) is 1. The Morgan fingerprint density at radius 2 is 1.42 bits per heavy atom. The van der Waals surface area contributed by atoms with Gasteiger partial charge in [-0.3, -0.25) is 0 Å². The van der Waals surface area contributed by atoms with E-state index < -0.39 is 5.60 Å². The van der Waals surface area contributed by atoms with Crippen molar-refractivity contribution >= 4 is 5.69 Å². The second-order valence-electron chi connectivity index (χ2n) is 7.38.